The first-order chi connectivity index (χ1) is 12.0. The van der Waals surface area contributed by atoms with Crippen molar-refractivity contribution in [3.8, 4) is 0 Å². The first-order valence-corrected chi connectivity index (χ1v) is 8.51. The van der Waals surface area contributed by atoms with Gasteiger partial charge in [0, 0.05) is 0 Å². The molecule has 0 saturated carbocycles. The van der Waals surface area contributed by atoms with Crippen molar-refractivity contribution in [3.63, 3.8) is 0 Å². The molecule has 10 nitrogen and oxygen atoms in total. The van der Waals surface area contributed by atoms with Crippen molar-refractivity contribution < 1.29 is 29.4 Å². The second kappa shape index (κ2) is 11.4. The summed E-state index contributed by atoms with van der Waals surface area (Å²) >= 11 is 0. The average molecular weight is 374 g/mol. The standard InChI is InChI=1S/C16H30N4O6/c1-5-9(4)12(17)14(23)18-6-11(22)20-13(8(2)3)15(24)19-10(7-21)16(25)26/h8-10,12-13,21H,5-7,17H2,1-4H3,(H,18,23)(H,19,24)(H,20,22)(H,25,26). The molecule has 0 aliphatic rings. The molecule has 0 aliphatic heterocycles. The molecule has 0 spiro atoms. The average Bonchev–Trinajstić information content (AvgIpc) is 2.59. The third kappa shape index (κ3) is 7.79. The van der Waals surface area contributed by atoms with Crippen molar-refractivity contribution in [3.05, 3.63) is 0 Å². The van der Waals surface area contributed by atoms with Gasteiger partial charge < -0.3 is 31.9 Å². The summed E-state index contributed by atoms with van der Waals surface area (Å²) in [7, 11) is 0. The van der Waals surface area contributed by atoms with Crippen LogP contribution < -0.4 is 21.7 Å². The van der Waals surface area contributed by atoms with Crippen molar-refractivity contribution in [1.29, 1.82) is 0 Å². The predicted molar refractivity (Wildman–Crippen MR) is 93.9 cm³/mol. The second-order valence-electron chi connectivity index (χ2n) is 6.50. The number of carbonyl (C=O) groups excluding carboxylic acids is 3. The van der Waals surface area contributed by atoms with E-state index in [4.69, 9.17) is 15.9 Å². The summed E-state index contributed by atoms with van der Waals surface area (Å²) in [4.78, 5) is 46.9. The minimum atomic E-state index is -1.46. The van der Waals surface area contributed by atoms with Gasteiger partial charge in [-0.2, -0.15) is 0 Å². The van der Waals surface area contributed by atoms with Gasteiger partial charge in [-0.15, -0.1) is 0 Å². The minimum Gasteiger partial charge on any atom is -0.480 e. The second-order valence-corrected chi connectivity index (χ2v) is 6.50. The molecule has 3 amide bonds. The molecule has 10 heteroatoms. The van der Waals surface area contributed by atoms with E-state index in [9.17, 15) is 19.2 Å². The normalized spacial score (nSPS) is 15.5. The number of carboxylic acids is 1. The summed E-state index contributed by atoms with van der Waals surface area (Å²) in [6, 6.07) is -3.22. The highest BCUT2D eigenvalue weighted by molar-refractivity contribution is 5.92. The van der Waals surface area contributed by atoms with Crippen molar-refractivity contribution in [2.24, 2.45) is 17.6 Å². The van der Waals surface area contributed by atoms with Crippen molar-refractivity contribution >= 4 is 23.7 Å². The Bertz CT molecular complexity index is 511. The zero-order chi connectivity index (χ0) is 20.4. The molecular weight excluding hydrogens is 344 g/mol. The number of nitrogens with one attached hydrogen (secondary N) is 3. The van der Waals surface area contributed by atoms with E-state index in [0.717, 1.165) is 0 Å². The highest BCUT2D eigenvalue weighted by Crippen LogP contribution is 2.05. The maximum Gasteiger partial charge on any atom is 0.328 e. The zero-order valence-corrected chi connectivity index (χ0v) is 15.6. The number of rotatable bonds is 11. The molecule has 4 atom stereocenters. The van der Waals surface area contributed by atoms with Crippen molar-refractivity contribution in [2.45, 2.75) is 52.2 Å². The lowest BCUT2D eigenvalue weighted by Gasteiger charge is -2.24. The highest BCUT2D eigenvalue weighted by Gasteiger charge is 2.28. The quantitative estimate of drug-likeness (QED) is 0.247. The van der Waals surface area contributed by atoms with Gasteiger partial charge in [-0.1, -0.05) is 34.1 Å². The molecule has 4 unspecified atom stereocenters. The molecule has 0 radical (unpaired) electrons. The Hall–Kier alpha value is -2.20. The summed E-state index contributed by atoms with van der Waals surface area (Å²) in [6.45, 7) is 5.91. The molecule has 0 bridgehead atoms. The molecule has 0 heterocycles. The number of hydrogen-bond donors (Lipinski definition) is 6. The number of amides is 3. The third-order valence-electron chi connectivity index (χ3n) is 4.05. The van der Waals surface area contributed by atoms with Gasteiger partial charge >= 0.3 is 5.97 Å². The third-order valence-corrected chi connectivity index (χ3v) is 4.05. The molecule has 26 heavy (non-hydrogen) atoms. The summed E-state index contributed by atoms with van der Waals surface area (Å²) in [6.07, 6.45) is 0.714. The molecule has 0 saturated heterocycles. The first kappa shape index (κ1) is 23.8. The van der Waals surface area contributed by atoms with Crippen LogP contribution in [0.2, 0.25) is 0 Å². The highest BCUT2D eigenvalue weighted by atomic mass is 16.4. The molecule has 0 aromatic carbocycles. The largest absolute Gasteiger partial charge is 0.480 e. The van der Waals surface area contributed by atoms with Crippen LogP contribution in [0.1, 0.15) is 34.1 Å². The van der Waals surface area contributed by atoms with Crippen molar-refractivity contribution in [2.75, 3.05) is 13.2 Å². The number of nitrogens with two attached hydrogens (primary N) is 1. The summed E-state index contributed by atoms with van der Waals surface area (Å²) in [5.74, 6) is -3.59. The van der Waals surface area contributed by atoms with Crippen LogP contribution in [0.5, 0.6) is 0 Å². The SMILES string of the molecule is CCC(C)C(N)C(=O)NCC(=O)NC(C(=O)NC(CO)C(=O)O)C(C)C. The van der Waals surface area contributed by atoms with Crippen LogP contribution in [-0.2, 0) is 19.2 Å². The number of hydrogen-bond acceptors (Lipinski definition) is 6. The molecule has 0 rings (SSSR count). The van der Waals surface area contributed by atoms with Crippen LogP contribution in [0.15, 0.2) is 0 Å². The Balaban J connectivity index is 4.71. The van der Waals surface area contributed by atoms with Crippen LogP contribution in [-0.4, -0.2) is 65.2 Å². The van der Waals surface area contributed by atoms with E-state index in [2.05, 4.69) is 16.0 Å². The van der Waals surface area contributed by atoms with E-state index >= 15 is 0 Å². The smallest absolute Gasteiger partial charge is 0.328 e. The van der Waals surface area contributed by atoms with Crippen LogP contribution in [0.25, 0.3) is 0 Å². The lowest BCUT2D eigenvalue weighted by atomic mass is 9.99. The van der Waals surface area contributed by atoms with Gasteiger partial charge in [0.2, 0.25) is 17.7 Å². The van der Waals surface area contributed by atoms with E-state index in [1.807, 2.05) is 13.8 Å². The van der Waals surface area contributed by atoms with E-state index in [0.29, 0.717) is 6.42 Å². The van der Waals surface area contributed by atoms with Gasteiger partial charge in [-0.3, -0.25) is 14.4 Å². The lowest BCUT2D eigenvalue weighted by molar-refractivity contribution is -0.143. The van der Waals surface area contributed by atoms with E-state index in [1.165, 1.54) is 0 Å². The van der Waals surface area contributed by atoms with Gasteiger partial charge in [0.15, 0.2) is 0 Å². The fourth-order valence-corrected chi connectivity index (χ4v) is 2.00. The van der Waals surface area contributed by atoms with Gasteiger partial charge in [0.05, 0.1) is 19.2 Å². The first-order valence-electron chi connectivity index (χ1n) is 8.51. The molecular formula is C16H30N4O6. The van der Waals surface area contributed by atoms with E-state index in [-0.39, 0.29) is 18.4 Å². The van der Waals surface area contributed by atoms with Crippen LogP contribution in [0.4, 0.5) is 0 Å². The lowest BCUT2D eigenvalue weighted by Crippen LogP contribution is -2.56. The number of carboxylic acid groups (broad SMARTS) is 1. The Kier molecular flexibility index (Phi) is 10.5. The van der Waals surface area contributed by atoms with Gasteiger partial charge in [-0.25, -0.2) is 4.79 Å². The van der Waals surface area contributed by atoms with Gasteiger partial charge in [0.1, 0.15) is 12.1 Å². The summed E-state index contributed by atoms with van der Waals surface area (Å²) in [5, 5.41) is 24.8. The molecule has 0 aliphatic carbocycles. The number of carbonyl (C=O) groups is 4. The van der Waals surface area contributed by atoms with Gasteiger partial charge in [0.25, 0.3) is 0 Å². The summed E-state index contributed by atoms with van der Waals surface area (Å²) < 4.78 is 0. The van der Waals surface area contributed by atoms with E-state index in [1.54, 1.807) is 13.8 Å². The topological polar surface area (TPSA) is 171 Å². The number of aliphatic hydroxyl groups is 1. The van der Waals surface area contributed by atoms with Gasteiger partial charge in [-0.05, 0) is 11.8 Å². The molecule has 150 valence electrons. The Morgan fingerprint density at radius 1 is 1.04 bits per heavy atom. The Morgan fingerprint density at radius 3 is 2.04 bits per heavy atom. The van der Waals surface area contributed by atoms with Crippen LogP contribution >= 0.6 is 0 Å². The van der Waals surface area contributed by atoms with Crippen molar-refractivity contribution in [1.82, 2.24) is 16.0 Å². The zero-order valence-electron chi connectivity index (χ0n) is 15.6. The number of aliphatic hydroxyl groups excluding tert-OH is 1. The van der Waals surface area contributed by atoms with Crippen LogP contribution in [0, 0.1) is 11.8 Å². The summed E-state index contributed by atoms with van der Waals surface area (Å²) in [5.41, 5.74) is 5.77. The van der Waals surface area contributed by atoms with Crippen LogP contribution in [0.3, 0.4) is 0 Å². The van der Waals surface area contributed by atoms with E-state index < -0.39 is 48.4 Å². The molecule has 0 aromatic rings. The molecule has 7 N–H and O–H groups in total. The Labute approximate surface area is 152 Å². The molecule has 0 aromatic heterocycles. The minimum absolute atomic E-state index is 0.0429. The maximum atomic E-state index is 12.2. The monoisotopic (exact) mass is 374 g/mol. The fraction of sp³-hybridized carbons (Fsp3) is 0.750. The number of aliphatic carboxylic acids is 1. The molecule has 0 fully saturated rings. The predicted octanol–water partition coefficient (Wildman–Crippen LogP) is -1.82. The Morgan fingerprint density at radius 2 is 1.62 bits per heavy atom. The fourth-order valence-electron chi connectivity index (χ4n) is 2.00. The maximum absolute atomic E-state index is 12.2.